The summed E-state index contributed by atoms with van der Waals surface area (Å²) >= 11 is 0. The summed E-state index contributed by atoms with van der Waals surface area (Å²) in [5.41, 5.74) is 2.22. The van der Waals surface area contributed by atoms with E-state index in [1.54, 1.807) is 0 Å². The second kappa shape index (κ2) is 8.72. The summed E-state index contributed by atoms with van der Waals surface area (Å²) in [6.07, 6.45) is 0.371. The van der Waals surface area contributed by atoms with E-state index >= 15 is 0 Å². The Hall–Kier alpha value is -1.39. The van der Waals surface area contributed by atoms with Crippen molar-refractivity contribution in [2.75, 3.05) is 19.6 Å². The number of carbonyl (C=O) groups is 1. The summed E-state index contributed by atoms with van der Waals surface area (Å²) in [5, 5.41) is 16.0. The summed E-state index contributed by atoms with van der Waals surface area (Å²) in [6.45, 7) is 7.80. The predicted octanol–water partition coefficient (Wildman–Crippen LogP) is 1.96. The zero-order valence-corrected chi connectivity index (χ0v) is 12.6. The third-order valence-corrected chi connectivity index (χ3v) is 3.23. The molecule has 1 amide bonds. The molecule has 1 rings (SSSR count). The van der Waals surface area contributed by atoms with Gasteiger partial charge in [-0.25, -0.2) is 0 Å². The van der Waals surface area contributed by atoms with E-state index in [0.29, 0.717) is 19.0 Å². The minimum Gasteiger partial charge on any atom is -0.387 e. The van der Waals surface area contributed by atoms with E-state index in [1.165, 1.54) is 12.5 Å². The van der Waals surface area contributed by atoms with Crippen molar-refractivity contribution in [1.29, 1.82) is 0 Å². The number of hydrogen-bond donors (Lipinski definition) is 3. The fourth-order valence-electron chi connectivity index (χ4n) is 1.94. The molecule has 4 nitrogen and oxygen atoms in total. The number of benzene rings is 1. The lowest BCUT2D eigenvalue weighted by atomic mass is 10.00. The van der Waals surface area contributed by atoms with Crippen LogP contribution in [0.25, 0.3) is 0 Å². The van der Waals surface area contributed by atoms with E-state index in [4.69, 9.17) is 0 Å². The van der Waals surface area contributed by atoms with Gasteiger partial charge in [0.2, 0.25) is 5.91 Å². The molecule has 0 saturated heterocycles. The Bertz CT molecular complexity index is 401. The number of amides is 1. The molecule has 1 aromatic carbocycles. The van der Waals surface area contributed by atoms with Crippen LogP contribution in [0.15, 0.2) is 24.3 Å². The smallest absolute Gasteiger partial charge is 0.216 e. The van der Waals surface area contributed by atoms with Gasteiger partial charge in [-0.2, -0.15) is 0 Å². The molecule has 1 atom stereocenters. The maximum atomic E-state index is 10.7. The van der Waals surface area contributed by atoms with E-state index < -0.39 is 6.10 Å². The molecular weight excluding hydrogens is 252 g/mol. The topological polar surface area (TPSA) is 61.4 Å². The molecule has 4 heteroatoms. The minimum absolute atomic E-state index is 0.00437. The molecule has 1 unspecified atom stereocenters. The standard InChI is InChI=1S/C16H26N2O2/c1-12(2)14-5-7-15(8-6-14)16(20)11-17-9-4-10-18-13(3)19/h5-8,12,16-17,20H,4,9-11H2,1-3H3,(H,18,19). The average Bonchev–Trinajstić information content (AvgIpc) is 2.42. The molecule has 1 aromatic rings. The number of rotatable bonds is 8. The van der Waals surface area contributed by atoms with Crippen LogP contribution in [0.1, 0.15) is 50.3 Å². The van der Waals surface area contributed by atoms with Crippen molar-refractivity contribution in [2.45, 2.75) is 39.2 Å². The van der Waals surface area contributed by atoms with Crippen molar-refractivity contribution in [3.63, 3.8) is 0 Å². The number of carbonyl (C=O) groups excluding carboxylic acids is 1. The van der Waals surface area contributed by atoms with Gasteiger partial charge in [0.15, 0.2) is 0 Å². The third-order valence-electron chi connectivity index (χ3n) is 3.23. The van der Waals surface area contributed by atoms with Crippen LogP contribution in [-0.2, 0) is 4.79 Å². The normalized spacial score (nSPS) is 12.4. The van der Waals surface area contributed by atoms with Gasteiger partial charge in [-0.1, -0.05) is 38.1 Å². The maximum absolute atomic E-state index is 10.7. The van der Waals surface area contributed by atoms with Crippen molar-refractivity contribution in [1.82, 2.24) is 10.6 Å². The van der Waals surface area contributed by atoms with Crippen LogP contribution in [0.5, 0.6) is 0 Å². The maximum Gasteiger partial charge on any atom is 0.216 e. The lowest BCUT2D eigenvalue weighted by Crippen LogP contribution is -2.27. The van der Waals surface area contributed by atoms with Crippen molar-refractivity contribution in [3.05, 3.63) is 35.4 Å². The van der Waals surface area contributed by atoms with Crippen LogP contribution in [0.2, 0.25) is 0 Å². The van der Waals surface area contributed by atoms with Gasteiger partial charge in [0.25, 0.3) is 0 Å². The molecule has 0 aliphatic rings. The second-order valence-corrected chi connectivity index (χ2v) is 5.38. The molecule has 0 aliphatic carbocycles. The van der Waals surface area contributed by atoms with Gasteiger partial charge in [-0.15, -0.1) is 0 Å². The van der Waals surface area contributed by atoms with Gasteiger partial charge >= 0.3 is 0 Å². The van der Waals surface area contributed by atoms with E-state index in [0.717, 1.165) is 18.5 Å². The van der Waals surface area contributed by atoms with Crippen molar-refractivity contribution in [3.8, 4) is 0 Å². The number of aliphatic hydroxyl groups is 1. The fraction of sp³-hybridized carbons (Fsp3) is 0.562. The van der Waals surface area contributed by atoms with Crippen LogP contribution in [0, 0.1) is 0 Å². The Morgan fingerprint density at radius 1 is 1.15 bits per heavy atom. The Kier molecular flexibility index (Phi) is 7.26. The second-order valence-electron chi connectivity index (χ2n) is 5.38. The Balaban J connectivity index is 2.25. The largest absolute Gasteiger partial charge is 0.387 e. The van der Waals surface area contributed by atoms with Gasteiger partial charge in [0.05, 0.1) is 6.10 Å². The summed E-state index contributed by atoms with van der Waals surface area (Å²) in [6, 6.07) is 8.11. The minimum atomic E-state index is -0.489. The van der Waals surface area contributed by atoms with Crippen LogP contribution >= 0.6 is 0 Å². The van der Waals surface area contributed by atoms with Crippen LogP contribution in [-0.4, -0.2) is 30.6 Å². The lowest BCUT2D eigenvalue weighted by molar-refractivity contribution is -0.118. The first-order chi connectivity index (χ1) is 9.50. The first kappa shape index (κ1) is 16.7. The number of hydrogen-bond acceptors (Lipinski definition) is 3. The van der Waals surface area contributed by atoms with Gasteiger partial charge in [0, 0.05) is 20.0 Å². The molecule has 0 saturated carbocycles. The summed E-state index contributed by atoms with van der Waals surface area (Å²) in [5.74, 6) is 0.503. The highest BCUT2D eigenvalue weighted by Crippen LogP contribution is 2.18. The molecular formula is C16H26N2O2. The first-order valence-electron chi connectivity index (χ1n) is 7.23. The van der Waals surface area contributed by atoms with E-state index in [2.05, 4.69) is 36.6 Å². The molecule has 0 bridgehead atoms. The van der Waals surface area contributed by atoms with Gasteiger partial charge in [0.1, 0.15) is 0 Å². The summed E-state index contributed by atoms with van der Waals surface area (Å²) < 4.78 is 0. The lowest BCUT2D eigenvalue weighted by Gasteiger charge is -2.13. The monoisotopic (exact) mass is 278 g/mol. The predicted molar refractivity (Wildman–Crippen MR) is 81.7 cm³/mol. The molecule has 3 N–H and O–H groups in total. The molecule has 20 heavy (non-hydrogen) atoms. The summed E-state index contributed by atoms with van der Waals surface area (Å²) in [4.78, 5) is 10.7. The van der Waals surface area contributed by atoms with E-state index in [-0.39, 0.29) is 5.91 Å². The zero-order valence-electron chi connectivity index (χ0n) is 12.6. The number of nitrogens with one attached hydrogen (secondary N) is 2. The molecule has 0 aromatic heterocycles. The quantitative estimate of drug-likeness (QED) is 0.637. The van der Waals surface area contributed by atoms with E-state index in [9.17, 15) is 9.90 Å². The van der Waals surface area contributed by atoms with Gasteiger partial charge in [-0.3, -0.25) is 4.79 Å². The Morgan fingerprint density at radius 3 is 2.30 bits per heavy atom. The van der Waals surface area contributed by atoms with Crippen molar-refractivity contribution in [2.24, 2.45) is 0 Å². The van der Waals surface area contributed by atoms with Crippen molar-refractivity contribution >= 4 is 5.91 Å². The van der Waals surface area contributed by atoms with Crippen molar-refractivity contribution < 1.29 is 9.90 Å². The molecule has 0 aliphatic heterocycles. The molecule has 0 radical (unpaired) electrons. The molecule has 112 valence electrons. The van der Waals surface area contributed by atoms with Gasteiger partial charge < -0.3 is 15.7 Å². The molecule has 0 fully saturated rings. The van der Waals surface area contributed by atoms with Crippen LogP contribution in [0.3, 0.4) is 0 Å². The van der Waals surface area contributed by atoms with Crippen LogP contribution in [0.4, 0.5) is 0 Å². The molecule has 0 heterocycles. The highest BCUT2D eigenvalue weighted by atomic mass is 16.3. The molecule has 0 spiro atoms. The average molecular weight is 278 g/mol. The Morgan fingerprint density at radius 2 is 1.75 bits per heavy atom. The zero-order chi connectivity index (χ0) is 15.0. The third kappa shape index (κ3) is 6.17. The highest BCUT2D eigenvalue weighted by molar-refractivity contribution is 5.72. The fourth-order valence-corrected chi connectivity index (χ4v) is 1.94. The number of aliphatic hydroxyl groups excluding tert-OH is 1. The Labute approximate surface area is 121 Å². The SMILES string of the molecule is CC(=O)NCCCNCC(O)c1ccc(C(C)C)cc1. The highest BCUT2D eigenvalue weighted by Gasteiger charge is 2.07. The van der Waals surface area contributed by atoms with E-state index in [1.807, 2.05) is 12.1 Å². The van der Waals surface area contributed by atoms with Gasteiger partial charge in [-0.05, 0) is 30.0 Å². The first-order valence-corrected chi connectivity index (χ1v) is 7.23. The van der Waals surface area contributed by atoms with Crippen LogP contribution < -0.4 is 10.6 Å². The summed E-state index contributed by atoms with van der Waals surface area (Å²) in [7, 11) is 0.